The maximum Gasteiger partial charge on any atom is 0.334 e. The van der Waals surface area contributed by atoms with Crippen LogP contribution >= 0.6 is 0 Å². The van der Waals surface area contributed by atoms with E-state index in [4.69, 9.17) is 9.68 Å². The summed E-state index contributed by atoms with van der Waals surface area (Å²) in [7, 11) is 0. The summed E-state index contributed by atoms with van der Waals surface area (Å²) in [6, 6.07) is 1.57. The van der Waals surface area contributed by atoms with Gasteiger partial charge in [-0.15, -0.1) is 10.1 Å². The third kappa shape index (κ3) is 11.8. The van der Waals surface area contributed by atoms with Crippen molar-refractivity contribution in [1.29, 1.82) is 0 Å². The normalized spacial score (nSPS) is 25.1. The first-order valence-corrected chi connectivity index (χ1v) is 17.2. The average molecular weight is 678 g/mol. The van der Waals surface area contributed by atoms with Crippen LogP contribution in [0.25, 0.3) is 0 Å². The van der Waals surface area contributed by atoms with Crippen LogP contribution in [0.15, 0.2) is 0 Å². The second-order valence-corrected chi connectivity index (χ2v) is 13.2. The van der Waals surface area contributed by atoms with Gasteiger partial charge in [0.25, 0.3) is 23.6 Å². The minimum absolute atomic E-state index is 0.0217. The molecule has 15 nitrogen and oxygen atoms in total. The Bertz CT molecular complexity index is 1080. The van der Waals surface area contributed by atoms with E-state index in [-0.39, 0.29) is 56.8 Å². The summed E-state index contributed by atoms with van der Waals surface area (Å²) >= 11 is 0. The monoisotopic (exact) mass is 677 g/mol. The van der Waals surface area contributed by atoms with Crippen molar-refractivity contribution in [3.63, 3.8) is 0 Å². The molecular weight excluding hydrogens is 626 g/mol. The highest BCUT2D eigenvalue weighted by Crippen LogP contribution is 2.23. The molecule has 0 radical (unpaired) electrons. The van der Waals surface area contributed by atoms with Crippen molar-refractivity contribution in [3.05, 3.63) is 0 Å². The number of hydroxylamine groups is 4. The maximum atomic E-state index is 12.1. The highest BCUT2D eigenvalue weighted by Gasteiger charge is 2.34. The van der Waals surface area contributed by atoms with Gasteiger partial charge < -0.3 is 15.0 Å². The zero-order chi connectivity index (χ0) is 35.4. The molecule has 1 N–H and O–H groups in total. The molecule has 0 aromatic rings. The highest BCUT2D eigenvalue weighted by molar-refractivity contribution is 6.02. The van der Waals surface area contributed by atoms with Gasteiger partial charge in [0.05, 0.1) is 19.5 Å². The summed E-state index contributed by atoms with van der Waals surface area (Å²) in [5, 5.41) is 3.74. The summed E-state index contributed by atoms with van der Waals surface area (Å²) in [5.74, 6) is -3.39. The lowest BCUT2D eigenvalue weighted by atomic mass is 9.97. The standard InChI is InChI=1S/C17H26N2O5.C16H25N3O5/c1-12-5-3-6-13(2)18(12)11-14(20)7-4-8-17(23)24-19-15(21)9-10-16(19)22;1-11-4-3-5-12(2)18(11)10-13(20)17-9-8-16(23)24-19-14(21)6-7-15(19)22/h12-13H,3-11H2,1-2H3;11-12H,3-10H2,1-2H3,(H,17,20). The molecule has 4 saturated heterocycles. The van der Waals surface area contributed by atoms with Gasteiger partial charge in [-0.2, -0.15) is 0 Å². The Kier molecular flexibility index (Phi) is 15.1. The van der Waals surface area contributed by atoms with E-state index in [1.165, 1.54) is 12.8 Å². The van der Waals surface area contributed by atoms with E-state index in [9.17, 15) is 38.4 Å². The molecule has 268 valence electrons. The number of nitrogens with zero attached hydrogens (tertiary/aromatic N) is 4. The molecule has 0 saturated carbocycles. The predicted molar refractivity (Wildman–Crippen MR) is 170 cm³/mol. The maximum absolute atomic E-state index is 12.1. The number of likely N-dealkylation sites (tertiary alicyclic amines) is 2. The molecule has 4 aliphatic rings. The van der Waals surface area contributed by atoms with E-state index < -0.39 is 35.6 Å². The van der Waals surface area contributed by atoms with Crippen LogP contribution in [-0.4, -0.2) is 111 Å². The number of imide groups is 2. The third-order valence-electron chi connectivity index (χ3n) is 9.32. The van der Waals surface area contributed by atoms with Crippen LogP contribution in [0.2, 0.25) is 0 Å². The molecule has 4 heterocycles. The first-order valence-electron chi connectivity index (χ1n) is 17.2. The number of ketones is 1. The SMILES string of the molecule is CC1CCCC(C)N1CC(=O)CCCC(=O)ON1C(=O)CCC1=O.CC1CCCC(C)N1CC(=O)NCCC(=O)ON1C(=O)CCC1=O. The van der Waals surface area contributed by atoms with Crippen molar-refractivity contribution >= 4 is 47.3 Å². The van der Waals surface area contributed by atoms with Gasteiger partial charge in [-0.05, 0) is 59.8 Å². The first-order chi connectivity index (χ1) is 22.8. The lowest BCUT2D eigenvalue weighted by Crippen LogP contribution is -2.48. The number of carbonyl (C=O) groups excluding carboxylic acids is 8. The Morgan fingerprint density at radius 3 is 1.44 bits per heavy atom. The Labute approximate surface area is 281 Å². The Balaban J connectivity index is 0.000000260. The van der Waals surface area contributed by atoms with E-state index in [1.807, 2.05) is 0 Å². The van der Waals surface area contributed by atoms with Crippen molar-refractivity contribution in [3.8, 4) is 0 Å². The summed E-state index contributed by atoms with van der Waals surface area (Å²) in [5.41, 5.74) is 0. The molecule has 48 heavy (non-hydrogen) atoms. The second kappa shape index (κ2) is 18.7. The molecule has 0 bridgehead atoms. The molecule has 0 aromatic carbocycles. The molecule has 4 fully saturated rings. The minimum Gasteiger partial charge on any atom is -0.354 e. The molecule has 4 atom stereocenters. The fourth-order valence-electron chi connectivity index (χ4n) is 6.42. The molecule has 4 rings (SSSR count). The lowest BCUT2D eigenvalue weighted by Gasteiger charge is -2.38. The first kappa shape index (κ1) is 38.7. The Morgan fingerprint density at radius 2 is 1.00 bits per heavy atom. The molecule has 0 spiro atoms. The van der Waals surface area contributed by atoms with Crippen LogP contribution in [0.3, 0.4) is 0 Å². The summed E-state index contributed by atoms with van der Waals surface area (Å²) in [6.45, 7) is 9.36. The van der Waals surface area contributed by atoms with Gasteiger partial charge in [0.2, 0.25) is 5.91 Å². The fraction of sp³-hybridized carbons (Fsp3) is 0.758. The summed E-state index contributed by atoms with van der Waals surface area (Å²) in [6.07, 6.45) is 7.66. The number of carbonyl (C=O) groups is 8. The molecule has 4 unspecified atom stereocenters. The molecule has 4 aliphatic heterocycles. The van der Waals surface area contributed by atoms with Gasteiger partial charge in [0.1, 0.15) is 5.78 Å². The lowest BCUT2D eigenvalue weighted by molar-refractivity contribution is -0.197. The summed E-state index contributed by atoms with van der Waals surface area (Å²) < 4.78 is 0. The van der Waals surface area contributed by atoms with E-state index >= 15 is 0 Å². The smallest absolute Gasteiger partial charge is 0.334 e. The third-order valence-corrected chi connectivity index (χ3v) is 9.32. The number of Topliss-reactive ketones (excluding diaryl/α,β-unsaturated/α-hetero) is 1. The van der Waals surface area contributed by atoms with Crippen LogP contribution in [0.5, 0.6) is 0 Å². The van der Waals surface area contributed by atoms with Crippen LogP contribution in [-0.2, 0) is 48.0 Å². The number of hydrogen-bond donors (Lipinski definition) is 1. The number of hydrogen-bond acceptors (Lipinski definition) is 12. The molecule has 0 aliphatic carbocycles. The largest absolute Gasteiger partial charge is 0.354 e. The minimum atomic E-state index is -0.710. The van der Waals surface area contributed by atoms with Crippen molar-refractivity contribution in [2.75, 3.05) is 19.6 Å². The van der Waals surface area contributed by atoms with Crippen LogP contribution in [0.4, 0.5) is 0 Å². The number of nitrogens with one attached hydrogen (secondary N) is 1. The van der Waals surface area contributed by atoms with Gasteiger partial charge >= 0.3 is 11.9 Å². The molecule has 5 amide bonds. The van der Waals surface area contributed by atoms with E-state index in [0.29, 0.717) is 60.2 Å². The molecule has 0 aromatic heterocycles. The van der Waals surface area contributed by atoms with Gasteiger partial charge in [0, 0.05) is 69.2 Å². The van der Waals surface area contributed by atoms with Crippen molar-refractivity contribution < 1.29 is 48.0 Å². The topological polar surface area (TPSA) is 180 Å². The fourth-order valence-corrected chi connectivity index (χ4v) is 6.42. The van der Waals surface area contributed by atoms with Crippen LogP contribution in [0.1, 0.15) is 118 Å². The van der Waals surface area contributed by atoms with Crippen LogP contribution in [0, 0.1) is 0 Å². The second-order valence-electron chi connectivity index (χ2n) is 13.2. The van der Waals surface area contributed by atoms with Crippen molar-refractivity contribution in [2.45, 2.75) is 142 Å². The number of rotatable bonds is 13. The number of piperidine rings is 2. The Hall–Kier alpha value is -3.72. The van der Waals surface area contributed by atoms with E-state index in [2.05, 4.69) is 42.8 Å². The van der Waals surface area contributed by atoms with Crippen LogP contribution < -0.4 is 5.32 Å². The predicted octanol–water partition coefficient (Wildman–Crippen LogP) is 1.96. The highest BCUT2D eigenvalue weighted by atomic mass is 16.7. The van der Waals surface area contributed by atoms with Gasteiger partial charge in [-0.25, -0.2) is 9.59 Å². The molecule has 15 heteroatoms. The molecular formula is C33H51N5O10. The van der Waals surface area contributed by atoms with Gasteiger partial charge in [-0.1, -0.05) is 12.8 Å². The van der Waals surface area contributed by atoms with E-state index in [1.54, 1.807) is 0 Å². The van der Waals surface area contributed by atoms with E-state index in [0.717, 1.165) is 25.7 Å². The Morgan fingerprint density at radius 1 is 0.604 bits per heavy atom. The van der Waals surface area contributed by atoms with Crippen molar-refractivity contribution in [1.82, 2.24) is 25.2 Å². The zero-order valence-corrected chi connectivity index (χ0v) is 28.7. The zero-order valence-electron chi connectivity index (χ0n) is 28.7. The quantitative estimate of drug-likeness (QED) is 0.281. The van der Waals surface area contributed by atoms with Crippen molar-refractivity contribution in [2.24, 2.45) is 0 Å². The number of amides is 5. The van der Waals surface area contributed by atoms with Gasteiger partial charge in [0.15, 0.2) is 0 Å². The van der Waals surface area contributed by atoms with Gasteiger partial charge in [-0.3, -0.25) is 38.6 Å². The average Bonchev–Trinajstić information content (AvgIpc) is 3.51. The summed E-state index contributed by atoms with van der Waals surface area (Å²) in [4.78, 5) is 107.